The van der Waals surface area contributed by atoms with E-state index in [4.69, 9.17) is 4.99 Å². The molecule has 1 aromatic carbocycles. The number of benzene rings is 1. The van der Waals surface area contributed by atoms with E-state index >= 15 is 0 Å². The average Bonchev–Trinajstić information content (AvgIpc) is 2.58. The van der Waals surface area contributed by atoms with Crippen molar-refractivity contribution in [2.75, 3.05) is 0 Å². The molecule has 3 atom stereocenters. The molecule has 1 heteroatoms. The summed E-state index contributed by atoms with van der Waals surface area (Å²) in [5.74, 6) is 1.27. The van der Waals surface area contributed by atoms with Gasteiger partial charge in [-0.25, -0.2) is 0 Å². The van der Waals surface area contributed by atoms with Gasteiger partial charge in [0.2, 0.25) is 0 Å². The Bertz CT molecular complexity index is 594. The quantitative estimate of drug-likeness (QED) is 0.458. The highest BCUT2D eigenvalue weighted by molar-refractivity contribution is 5.81. The molecule has 0 amide bonds. The summed E-state index contributed by atoms with van der Waals surface area (Å²) in [7, 11) is 0. The van der Waals surface area contributed by atoms with Crippen LogP contribution in [-0.4, -0.2) is 12.3 Å². The van der Waals surface area contributed by atoms with Crippen LogP contribution in [0, 0.1) is 18.8 Å². The van der Waals surface area contributed by atoms with Gasteiger partial charge in [0.1, 0.15) is 0 Å². The smallest absolute Gasteiger partial charge is 0.0500 e. The van der Waals surface area contributed by atoms with Crippen LogP contribution in [-0.2, 0) is 0 Å². The Morgan fingerprint density at radius 2 is 2.04 bits per heavy atom. The third-order valence-corrected chi connectivity index (χ3v) is 5.05. The highest BCUT2D eigenvalue weighted by atomic mass is 14.8. The fraction of sp³-hybridized carbons (Fsp3) is 0.409. The molecule has 1 fully saturated rings. The number of rotatable bonds is 6. The van der Waals surface area contributed by atoms with Gasteiger partial charge in [0.05, 0.1) is 0 Å². The monoisotopic (exact) mass is 307 g/mol. The first-order valence-electron chi connectivity index (χ1n) is 8.69. The molecule has 122 valence electrons. The van der Waals surface area contributed by atoms with Gasteiger partial charge >= 0.3 is 0 Å². The molecule has 1 aliphatic carbocycles. The van der Waals surface area contributed by atoms with E-state index < -0.39 is 0 Å². The van der Waals surface area contributed by atoms with Crippen LogP contribution in [0.15, 0.2) is 66.2 Å². The van der Waals surface area contributed by atoms with E-state index in [2.05, 4.69) is 63.6 Å². The van der Waals surface area contributed by atoms with Crippen LogP contribution in [0.1, 0.15) is 43.7 Å². The SMILES string of the molecule is C=C/C=C(\C=C)C1CCCC(C(C)N=Cc2ccccc2C)C1. The topological polar surface area (TPSA) is 12.4 Å². The second kappa shape index (κ2) is 8.67. The molecule has 1 saturated carbocycles. The van der Waals surface area contributed by atoms with Gasteiger partial charge < -0.3 is 0 Å². The number of nitrogens with zero attached hydrogens (tertiary/aromatic N) is 1. The molecule has 3 unspecified atom stereocenters. The molecule has 1 aromatic rings. The average molecular weight is 307 g/mol. The third kappa shape index (κ3) is 4.79. The van der Waals surface area contributed by atoms with Crippen LogP contribution < -0.4 is 0 Å². The lowest BCUT2D eigenvalue weighted by Crippen LogP contribution is -2.24. The van der Waals surface area contributed by atoms with E-state index in [9.17, 15) is 0 Å². The molecule has 23 heavy (non-hydrogen) atoms. The van der Waals surface area contributed by atoms with Crippen LogP contribution in [0.2, 0.25) is 0 Å². The fourth-order valence-corrected chi connectivity index (χ4v) is 3.53. The van der Waals surface area contributed by atoms with Crippen molar-refractivity contribution in [2.24, 2.45) is 16.8 Å². The van der Waals surface area contributed by atoms with E-state index in [1.54, 1.807) is 0 Å². The van der Waals surface area contributed by atoms with Crippen LogP contribution in [0.4, 0.5) is 0 Å². The molecule has 1 nitrogen and oxygen atoms in total. The predicted octanol–water partition coefficient (Wildman–Crippen LogP) is 5.91. The summed E-state index contributed by atoms with van der Waals surface area (Å²) < 4.78 is 0. The van der Waals surface area contributed by atoms with Crippen LogP contribution >= 0.6 is 0 Å². The molecule has 2 rings (SSSR count). The first-order valence-corrected chi connectivity index (χ1v) is 8.69. The molecule has 0 aromatic heterocycles. The third-order valence-electron chi connectivity index (χ3n) is 5.05. The summed E-state index contributed by atoms with van der Waals surface area (Å²) in [4.78, 5) is 4.85. The first kappa shape index (κ1) is 17.5. The molecule has 0 bridgehead atoms. The van der Waals surface area contributed by atoms with Gasteiger partial charge in [-0.15, -0.1) is 0 Å². The predicted molar refractivity (Wildman–Crippen MR) is 102 cm³/mol. The summed E-state index contributed by atoms with van der Waals surface area (Å²) in [5.41, 5.74) is 3.85. The fourth-order valence-electron chi connectivity index (χ4n) is 3.53. The van der Waals surface area contributed by atoms with Crippen molar-refractivity contribution in [1.29, 1.82) is 0 Å². The zero-order valence-corrected chi connectivity index (χ0v) is 14.5. The van der Waals surface area contributed by atoms with E-state index in [-0.39, 0.29) is 0 Å². The number of hydrogen-bond donors (Lipinski definition) is 0. The Morgan fingerprint density at radius 1 is 1.26 bits per heavy atom. The number of aryl methyl sites for hydroxylation is 1. The highest BCUT2D eigenvalue weighted by Gasteiger charge is 2.26. The second-order valence-corrected chi connectivity index (χ2v) is 6.61. The minimum atomic E-state index is 0.368. The van der Waals surface area contributed by atoms with Crippen LogP contribution in [0.25, 0.3) is 0 Å². The largest absolute Gasteiger partial charge is 0.289 e. The maximum Gasteiger partial charge on any atom is 0.0500 e. The second-order valence-electron chi connectivity index (χ2n) is 6.61. The molecule has 0 spiro atoms. The van der Waals surface area contributed by atoms with Crippen molar-refractivity contribution < 1.29 is 0 Å². The van der Waals surface area contributed by atoms with Crippen molar-refractivity contribution in [3.8, 4) is 0 Å². The molecule has 0 aliphatic heterocycles. The number of hydrogen-bond acceptors (Lipinski definition) is 1. The standard InChI is InChI=1S/C22H29N/c1-5-10-19(6-2)21-14-9-13-20(15-21)18(4)23-16-22-12-8-7-11-17(22)3/h5-8,10-12,16,18,20-21H,1-2,9,13-15H2,3-4H3/b19-10+,23-16?. The first-order chi connectivity index (χ1) is 11.2. The van der Waals surface area contributed by atoms with Gasteiger partial charge in [0, 0.05) is 12.3 Å². The Morgan fingerprint density at radius 3 is 2.74 bits per heavy atom. The Balaban J connectivity index is 2.03. The maximum absolute atomic E-state index is 4.85. The van der Waals surface area contributed by atoms with Gasteiger partial charge in [-0.3, -0.25) is 4.99 Å². The molecule has 1 aliphatic rings. The van der Waals surface area contributed by atoms with Crippen molar-refractivity contribution in [3.05, 3.63) is 72.4 Å². The number of aliphatic imine (C=N–C) groups is 1. The van der Waals surface area contributed by atoms with E-state index in [1.807, 2.05) is 12.2 Å². The van der Waals surface area contributed by atoms with E-state index in [0.717, 1.165) is 0 Å². The summed E-state index contributed by atoms with van der Waals surface area (Å²) in [6, 6.07) is 8.79. The summed E-state index contributed by atoms with van der Waals surface area (Å²) >= 11 is 0. The van der Waals surface area contributed by atoms with Crippen molar-refractivity contribution in [3.63, 3.8) is 0 Å². The van der Waals surface area contributed by atoms with Gasteiger partial charge in [0.15, 0.2) is 0 Å². The van der Waals surface area contributed by atoms with Gasteiger partial charge in [-0.2, -0.15) is 0 Å². The normalized spacial score (nSPS) is 23.7. The van der Waals surface area contributed by atoms with Gasteiger partial charge in [-0.1, -0.05) is 62.1 Å². The number of allylic oxidation sites excluding steroid dienone is 4. The molecular weight excluding hydrogens is 278 g/mol. The zero-order chi connectivity index (χ0) is 16.7. The lowest BCUT2D eigenvalue weighted by molar-refractivity contribution is 0.268. The molecule has 0 heterocycles. The summed E-state index contributed by atoms with van der Waals surface area (Å²) in [6.45, 7) is 12.2. The van der Waals surface area contributed by atoms with Crippen LogP contribution in [0.5, 0.6) is 0 Å². The Labute approximate surface area is 141 Å². The summed E-state index contributed by atoms with van der Waals surface area (Å²) in [5, 5.41) is 0. The molecule has 0 saturated heterocycles. The highest BCUT2D eigenvalue weighted by Crippen LogP contribution is 2.36. The summed E-state index contributed by atoms with van der Waals surface area (Å²) in [6.07, 6.45) is 13.1. The lowest BCUT2D eigenvalue weighted by Gasteiger charge is -2.32. The Kier molecular flexibility index (Phi) is 6.58. The van der Waals surface area contributed by atoms with Crippen molar-refractivity contribution in [2.45, 2.75) is 45.6 Å². The molecular formula is C22H29N. The van der Waals surface area contributed by atoms with Crippen molar-refractivity contribution in [1.82, 2.24) is 0 Å². The molecule has 0 radical (unpaired) electrons. The van der Waals surface area contributed by atoms with Crippen molar-refractivity contribution >= 4 is 6.21 Å². The Hall–Kier alpha value is -1.89. The van der Waals surface area contributed by atoms with Gasteiger partial charge in [-0.05, 0) is 61.6 Å². The van der Waals surface area contributed by atoms with Gasteiger partial charge in [0.25, 0.3) is 0 Å². The van der Waals surface area contributed by atoms with E-state index in [0.29, 0.717) is 17.9 Å². The van der Waals surface area contributed by atoms with E-state index in [1.165, 1.54) is 42.4 Å². The zero-order valence-electron chi connectivity index (χ0n) is 14.5. The minimum Gasteiger partial charge on any atom is -0.289 e. The minimum absolute atomic E-state index is 0.368. The maximum atomic E-state index is 4.85. The van der Waals surface area contributed by atoms with Crippen LogP contribution in [0.3, 0.4) is 0 Å². The molecule has 0 N–H and O–H groups in total. The lowest BCUT2D eigenvalue weighted by atomic mass is 9.75.